The number of halogens is 4. The van der Waals surface area contributed by atoms with Crippen LogP contribution < -0.4 is 14.2 Å². The van der Waals surface area contributed by atoms with E-state index >= 15 is 0 Å². The summed E-state index contributed by atoms with van der Waals surface area (Å²) < 4.78 is 88.8. The summed E-state index contributed by atoms with van der Waals surface area (Å²) in [5.74, 6) is -1.03. The Morgan fingerprint density at radius 1 is 1.07 bits per heavy atom. The minimum Gasteiger partial charge on any atom is -0.481 e. The van der Waals surface area contributed by atoms with Gasteiger partial charge in [0.05, 0.1) is 19.8 Å². The van der Waals surface area contributed by atoms with E-state index in [4.69, 9.17) is 9.47 Å². The molecule has 0 aliphatic heterocycles. The standard InChI is InChI=1S/C16H14F4N4O4S2/c1-27-13-8(5-11(17)18)14(28-2)23-16(22-13)24-30(25,26)10-6-29-15-7(10)3-4-9(21-15)12(19)20/h3-4,6,11-12H,5H2,1-2H3,(H,22,23,24). The van der Waals surface area contributed by atoms with Crippen LogP contribution in [0.25, 0.3) is 10.2 Å². The first-order valence-electron chi connectivity index (χ1n) is 8.12. The van der Waals surface area contributed by atoms with Gasteiger partial charge in [-0.15, -0.1) is 11.3 Å². The Balaban J connectivity index is 2.00. The molecule has 3 aromatic rings. The number of rotatable bonds is 8. The van der Waals surface area contributed by atoms with E-state index in [1.54, 1.807) is 0 Å². The third kappa shape index (κ3) is 4.38. The van der Waals surface area contributed by atoms with Gasteiger partial charge in [0.2, 0.25) is 24.1 Å². The average Bonchev–Trinajstić information content (AvgIpc) is 3.12. The lowest BCUT2D eigenvalue weighted by atomic mass is 10.2. The van der Waals surface area contributed by atoms with Crippen molar-refractivity contribution >= 4 is 37.5 Å². The molecule has 0 amide bonds. The number of fused-ring (bicyclic) bond motifs is 1. The van der Waals surface area contributed by atoms with Gasteiger partial charge >= 0.3 is 0 Å². The lowest BCUT2D eigenvalue weighted by Gasteiger charge is -2.13. The molecular formula is C16H14F4N4O4S2. The largest absolute Gasteiger partial charge is 0.481 e. The molecular weight excluding hydrogens is 452 g/mol. The molecule has 0 unspecified atom stereocenters. The van der Waals surface area contributed by atoms with Crippen molar-refractivity contribution in [2.75, 3.05) is 18.9 Å². The molecule has 0 aliphatic rings. The van der Waals surface area contributed by atoms with Crippen molar-refractivity contribution in [3.05, 3.63) is 28.8 Å². The van der Waals surface area contributed by atoms with E-state index in [0.717, 1.165) is 17.4 Å². The topological polar surface area (TPSA) is 103 Å². The maximum Gasteiger partial charge on any atom is 0.280 e. The van der Waals surface area contributed by atoms with E-state index in [1.165, 1.54) is 25.7 Å². The van der Waals surface area contributed by atoms with Crippen LogP contribution in [0.3, 0.4) is 0 Å². The zero-order valence-electron chi connectivity index (χ0n) is 15.4. The highest BCUT2D eigenvalue weighted by Crippen LogP contribution is 2.33. The van der Waals surface area contributed by atoms with Crippen molar-refractivity contribution < 1.29 is 35.5 Å². The van der Waals surface area contributed by atoms with Crippen LogP contribution in [0.5, 0.6) is 11.8 Å². The molecule has 0 fully saturated rings. The Morgan fingerprint density at radius 3 is 2.23 bits per heavy atom. The molecule has 1 N–H and O–H groups in total. The minimum atomic E-state index is -4.27. The Morgan fingerprint density at radius 2 is 1.70 bits per heavy atom. The molecule has 3 aromatic heterocycles. The van der Waals surface area contributed by atoms with E-state index in [9.17, 15) is 26.0 Å². The number of hydrogen-bond acceptors (Lipinski definition) is 8. The highest BCUT2D eigenvalue weighted by Gasteiger charge is 2.25. The van der Waals surface area contributed by atoms with Crippen molar-refractivity contribution in [2.45, 2.75) is 24.2 Å². The number of sulfonamides is 1. The van der Waals surface area contributed by atoms with Crippen molar-refractivity contribution in [2.24, 2.45) is 0 Å². The normalized spacial score (nSPS) is 12.0. The van der Waals surface area contributed by atoms with E-state index in [0.29, 0.717) is 0 Å². The van der Waals surface area contributed by atoms with Crippen LogP contribution in [0.4, 0.5) is 23.5 Å². The molecule has 0 radical (unpaired) electrons. The predicted molar refractivity (Wildman–Crippen MR) is 100 cm³/mol. The molecule has 0 atom stereocenters. The molecule has 0 saturated carbocycles. The van der Waals surface area contributed by atoms with Crippen LogP contribution in [0, 0.1) is 0 Å². The lowest BCUT2D eigenvalue weighted by Crippen LogP contribution is -2.16. The molecule has 162 valence electrons. The summed E-state index contributed by atoms with van der Waals surface area (Å²) in [4.78, 5) is 11.3. The fourth-order valence-corrected chi connectivity index (χ4v) is 4.99. The number of aromatic nitrogens is 3. The van der Waals surface area contributed by atoms with Crippen LogP contribution in [-0.4, -0.2) is 44.0 Å². The van der Waals surface area contributed by atoms with Gasteiger partial charge < -0.3 is 9.47 Å². The Hall–Kier alpha value is -2.74. The zero-order valence-corrected chi connectivity index (χ0v) is 17.0. The van der Waals surface area contributed by atoms with Crippen LogP contribution in [0.1, 0.15) is 17.7 Å². The summed E-state index contributed by atoms with van der Waals surface area (Å²) in [6.45, 7) is 0. The maximum atomic E-state index is 12.8. The zero-order chi connectivity index (χ0) is 22.1. The first-order valence-corrected chi connectivity index (χ1v) is 10.5. The maximum absolute atomic E-state index is 12.8. The van der Waals surface area contributed by atoms with E-state index < -0.39 is 40.9 Å². The monoisotopic (exact) mass is 466 g/mol. The van der Waals surface area contributed by atoms with Gasteiger partial charge in [-0.25, -0.2) is 35.7 Å². The molecule has 0 aliphatic carbocycles. The molecule has 0 bridgehead atoms. The van der Waals surface area contributed by atoms with Gasteiger partial charge in [0.25, 0.3) is 16.4 Å². The summed E-state index contributed by atoms with van der Waals surface area (Å²) in [5, 5.41) is 1.36. The molecule has 0 spiro atoms. The van der Waals surface area contributed by atoms with E-state index in [1.807, 2.05) is 0 Å². The number of anilines is 1. The molecule has 8 nitrogen and oxygen atoms in total. The number of methoxy groups -OCH3 is 2. The Labute approximate surface area is 171 Å². The number of thiophene rings is 1. The predicted octanol–water partition coefficient (Wildman–Crippen LogP) is 3.65. The second kappa shape index (κ2) is 8.55. The van der Waals surface area contributed by atoms with Gasteiger partial charge in [0.1, 0.15) is 15.4 Å². The summed E-state index contributed by atoms with van der Waals surface area (Å²) in [7, 11) is -1.92. The highest BCUT2D eigenvalue weighted by atomic mass is 32.2. The quantitative estimate of drug-likeness (QED) is 0.506. The van der Waals surface area contributed by atoms with Gasteiger partial charge in [-0.3, -0.25) is 0 Å². The smallest absolute Gasteiger partial charge is 0.280 e. The van der Waals surface area contributed by atoms with Crippen molar-refractivity contribution in [1.29, 1.82) is 0 Å². The van der Waals surface area contributed by atoms with Crippen LogP contribution >= 0.6 is 11.3 Å². The summed E-state index contributed by atoms with van der Waals surface area (Å²) in [6, 6.07) is 2.25. The van der Waals surface area contributed by atoms with Crippen LogP contribution in [0.15, 0.2) is 22.4 Å². The molecule has 14 heteroatoms. The number of hydrogen-bond donors (Lipinski definition) is 1. The van der Waals surface area contributed by atoms with Gasteiger partial charge in [-0.1, -0.05) is 0 Å². The molecule has 0 saturated heterocycles. The van der Waals surface area contributed by atoms with Gasteiger partial charge in [-0.2, -0.15) is 9.97 Å². The minimum absolute atomic E-state index is 0.108. The molecule has 3 heterocycles. The highest BCUT2D eigenvalue weighted by molar-refractivity contribution is 7.93. The Kier molecular flexibility index (Phi) is 6.26. The van der Waals surface area contributed by atoms with Crippen LogP contribution in [-0.2, 0) is 16.4 Å². The number of nitrogens with zero attached hydrogens (tertiary/aromatic N) is 3. The molecule has 3 rings (SSSR count). The number of pyridine rings is 1. The summed E-state index contributed by atoms with van der Waals surface area (Å²) in [5.41, 5.74) is -0.601. The second-order valence-electron chi connectivity index (χ2n) is 5.73. The van der Waals surface area contributed by atoms with Crippen molar-refractivity contribution in [3.8, 4) is 11.8 Å². The fraction of sp³-hybridized carbons (Fsp3) is 0.312. The molecule has 30 heavy (non-hydrogen) atoms. The van der Waals surface area contributed by atoms with Crippen LogP contribution in [0.2, 0.25) is 0 Å². The number of alkyl halides is 4. The van der Waals surface area contributed by atoms with Crippen molar-refractivity contribution in [1.82, 2.24) is 15.0 Å². The molecule has 0 aromatic carbocycles. The third-order valence-electron chi connectivity index (χ3n) is 3.84. The second-order valence-corrected chi connectivity index (χ2v) is 8.24. The first kappa shape index (κ1) is 22.0. The SMILES string of the molecule is COc1nc(NS(=O)(=O)c2csc3nc(C(F)F)ccc23)nc(OC)c1CC(F)F. The lowest BCUT2D eigenvalue weighted by molar-refractivity contribution is 0.146. The van der Waals surface area contributed by atoms with E-state index in [2.05, 4.69) is 19.7 Å². The summed E-state index contributed by atoms with van der Waals surface area (Å²) >= 11 is 0.870. The fourth-order valence-electron chi connectivity index (χ4n) is 2.57. The summed E-state index contributed by atoms with van der Waals surface area (Å²) in [6.07, 6.45) is -6.29. The Bertz CT molecular complexity index is 1150. The number of ether oxygens (including phenoxy) is 2. The third-order valence-corrected chi connectivity index (χ3v) is 6.25. The van der Waals surface area contributed by atoms with Gasteiger partial charge in [0.15, 0.2) is 0 Å². The first-order chi connectivity index (χ1) is 14.2. The van der Waals surface area contributed by atoms with E-state index in [-0.39, 0.29) is 32.4 Å². The average molecular weight is 466 g/mol. The number of nitrogens with one attached hydrogen (secondary N) is 1. The van der Waals surface area contributed by atoms with Crippen molar-refractivity contribution in [3.63, 3.8) is 0 Å². The van der Waals surface area contributed by atoms with Gasteiger partial charge in [0, 0.05) is 17.2 Å². The van der Waals surface area contributed by atoms with Gasteiger partial charge in [-0.05, 0) is 12.1 Å².